The molecule has 0 radical (unpaired) electrons. The van der Waals surface area contributed by atoms with Crippen molar-refractivity contribution in [2.45, 2.75) is 30.6 Å². The van der Waals surface area contributed by atoms with E-state index >= 15 is 0 Å². The minimum Gasteiger partial charge on any atom is -0.349 e. The first-order valence-electron chi connectivity index (χ1n) is 8.21. The van der Waals surface area contributed by atoms with Crippen LogP contribution >= 0.6 is 0 Å². The number of benzene rings is 1. The molecular formula is C18H24N2O3S. The molecule has 0 saturated carbocycles. The average molecular weight is 348 g/mol. The average Bonchev–Trinajstić information content (AvgIpc) is 2.88. The number of rotatable bonds is 6. The summed E-state index contributed by atoms with van der Waals surface area (Å²) in [5.41, 5.74) is 0.776. The molecule has 1 heterocycles. The maximum Gasteiger partial charge on any atom is 0.244 e. The van der Waals surface area contributed by atoms with E-state index in [4.69, 9.17) is 0 Å². The second-order valence-electron chi connectivity index (χ2n) is 5.75. The van der Waals surface area contributed by atoms with Crippen LogP contribution in [0.2, 0.25) is 0 Å². The Balaban J connectivity index is 2.06. The Bertz CT molecular complexity index is 685. The van der Waals surface area contributed by atoms with Crippen molar-refractivity contribution in [2.75, 3.05) is 19.6 Å². The molecule has 1 fully saturated rings. The van der Waals surface area contributed by atoms with E-state index in [1.165, 1.54) is 6.08 Å². The highest BCUT2D eigenvalue weighted by Crippen LogP contribution is 2.20. The van der Waals surface area contributed by atoms with Crippen LogP contribution in [0.15, 0.2) is 47.9 Å². The number of nitrogens with one attached hydrogen (secondary N) is 1. The first kappa shape index (κ1) is 18.4. The number of amides is 1. The van der Waals surface area contributed by atoms with Crippen molar-refractivity contribution < 1.29 is 13.2 Å². The lowest BCUT2D eigenvalue weighted by Crippen LogP contribution is -2.31. The third-order valence-electron chi connectivity index (χ3n) is 3.93. The lowest BCUT2D eigenvalue weighted by atomic mass is 10.2. The molecule has 0 bridgehead atoms. The zero-order chi connectivity index (χ0) is 17.4. The molecule has 2 rings (SSSR count). The number of carbonyl (C=O) groups excluding carboxylic acids is 1. The largest absolute Gasteiger partial charge is 0.349 e. The summed E-state index contributed by atoms with van der Waals surface area (Å²) in [5, 5.41) is 2.64. The van der Waals surface area contributed by atoms with Crippen molar-refractivity contribution in [3.05, 3.63) is 48.6 Å². The Labute approximate surface area is 144 Å². The first-order valence-corrected chi connectivity index (χ1v) is 9.65. The van der Waals surface area contributed by atoms with E-state index in [0.717, 1.165) is 31.2 Å². The van der Waals surface area contributed by atoms with Gasteiger partial charge in [-0.2, -0.15) is 4.31 Å². The molecule has 1 saturated heterocycles. The van der Waals surface area contributed by atoms with Gasteiger partial charge in [0, 0.05) is 25.7 Å². The third kappa shape index (κ3) is 5.04. The zero-order valence-electron chi connectivity index (χ0n) is 13.8. The summed E-state index contributed by atoms with van der Waals surface area (Å²) < 4.78 is 26.9. The first-order chi connectivity index (χ1) is 11.5. The smallest absolute Gasteiger partial charge is 0.244 e. The Morgan fingerprint density at radius 1 is 1.12 bits per heavy atom. The standard InChI is InChI=1S/C18H24N2O3S/c1-2-13-19-18(21)12-9-16-7-10-17(11-8-16)24(22,23)20-14-5-3-4-6-15-20/h2,7-12H,1,3-6,13-15H2,(H,19,21)/b12-9+. The Kier molecular flexibility index (Phi) is 6.75. The minimum atomic E-state index is -3.43. The predicted molar refractivity (Wildman–Crippen MR) is 95.9 cm³/mol. The van der Waals surface area contributed by atoms with Crippen LogP contribution in [0.25, 0.3) is 6.08 Å². The molecule has 0 unspecified atom stereocenters. The van der Waals surface area contributed by atoms with Gasteiger partial charge >= 0.3 is 0 Å². The van der Waals surface area contributed by atoms with E-state index in [9.17, 15) is 13.2 Å². The van der Waals surface area contributed by atoms with Gasteiger partial charge in [0.25, 0.3) is 0 Å². The molecule has 1 aromatic rings. The molecule has 0 spiro atoms. The Morgan fingerprint density at radius 2 is 1.75 bits per heavy atom. The van der Waals surface area contributed by atoms with Crippen molar-refractivity contribution >= 4 is 22.0 Å². The van der Waals surface area contributed by atoms with Gasteiger partial charge in [-0.15, -0.1) is 6.58 Å². The molecule has 1 aliphatic rings. The van der Waals surface area contributed by atoms with Crippen LogP contribution in [0.5, 0.6) is 0 Å². The molecule has 1 N–H and O–H groups in total. The molecule has 1 amide bonds. The second kappa shape index (κ2) is 8.80. The normalized spacial score (nSPS) is 16.7. The summed E-state index contributed by atoms with van der Waals surface area (Å²) in [7, 11) is -3.43. The molecule has 1 aliphatic heterocycles. The van der Waals surface area contributed by atoms with E-state index in [1.807, 2.05) is 0 Å². The van der Waals surface area contributed by atoms with Gasteiger partial charge in [-0.05, 0) is 36.6 Å². The van der Waals surface area contributed by atoms with E-state index in [2.05, 4.69) is 11.9 Å². The van der Waals surface area contributed by atoms with Gasteiger partial charge in [-0.25, -0.2) is 8.42 Å². The third-order valence-corrected chi connectivity index (χ3v) is 5.84. The Hall–Kier alpha value is -1.92. The van der Waals surface area contributed by atoms with Gasteiger partial charge in [-0.3, -0.25) is 4.79 Å². The zero-order valence-corrected chi connectivity index (χ0v) is 14.6. The van der Waals surface area contributed by atoms with Crippen molar-refractivity contribution in [3.8, 4) is 0 Å². The summed E-state index contributed by atoms with van der Waals surface area (Å²) in [6.07, 6.45) is 8.68. The van der Waals surface area contributed by atoms with Crippen LogP contribution in [-0.4, -0.2) is 38.3 Å². The quantitative estimate of drug-likeness (QED) is 0.635. The van der Waals surface area contributed by atoms with Gasteiger partial charge in [0.15, 0.2) is 0 Å². The molecule has 24 heavy (non-hydrogen) atoms. The van der Waals surface area contributed by atoms with Gasteiger partial charge in [0.2, 0.25) is 15.9 Å². The van der Waals surface area contributed by atoms with Gasteiger partial charge in [-0.1, -0.05) is 31.1 Å². The fourth-order valence-corrected chi connectivity index (χ4v) is 4.10. The summed E-state index contributed by atoms with van der Waals surface area (Å²) in [5.74, 6) is -0.212. The monoisotopic (exact) mass is 348 g/mol. The summed E-state index contributed by atoms with van der Waals surface area (Å²) in [4.78, 5) is 11.8. The number of hydrogen-bond acceptors (Lipinski definition) is 3. The van der Waals surface area contributed by atoms with E-state index in [-0.39, 0.29) is 5.91 Å². The van der Waals surface area contributed by atoms with Crippen LogP contribution in [0.3, 0.4) is 0 Å². The highest BCUT2D eigenvalue weighted by Gasteiger charge is 2.24. The Morgan fingerprint density at radius 3 is 2.33 bits per heavy atom. The maximum atomic E-state index is 12.7. The molecule has 5 nitrogen and oxygen atoms in total. The molecule has 130 valence electrons. The molecule has 1 aromatic carbocycles. The number of hydrogen-bond donors (Lipinski definition) is 1. The molecular weight excluding hydrogens is 324 g/mol. The SMILES string of the molecule is C=CCNC(=O)/C=C/c1ccc(S(=O)(=O)N2CCCCCC2)cc1. The van der Waals surface area contributed by atoms with Crippen LogP contribution in [0.4, 0.5) is 0 Å². The van der Waals surface area contributed by atoms with Crippen LogP contribution in [0, 0.1) is 0 Å². The van der Waals surface area contributed by atoms with Gasteiger partial charge < -0.3 is 5.32 Å². The topological polar surface area (TPSA) is 66.5 Å². The maximum absolute atomic E-state index is 12.7. The fraction of sp³-hybridized carbons (Fsp3) is 0.389. The highest BCUT2D eigenvalue weighted by molar-refractivity contribution is 7.89. The predicted octanol–water partition coefficient (Wildman–Crippen LogP) is 2.57. The summed E-state index contributed by atoms with van der Waals surface area (Å²) in [6.45, 7) is 5.12. The van der Waals surface area contributed by atoms with E-state index in [1.54, 1.807) is 40.7 Å². The van der Waals surface area contributed by atoms with Gasteiger partial charge in [0.05, 0.1) is 4.90 Å². The lowest BCUT2D eigenvalue weighted by Gasteiger charge is -2.19. The molecule has 6 heteroatoms. The van der Waals surface area contributed by atoms with Crippen molar-refractivity contribution in [2.24, 2.45) is 0 Å². The molecule has 0 aromatic heterocycles. The van der Waals surface area contributed by atoms with Crippen LogP contribution < -0.4 is 5.32 Å². The van der Waals surface area contributed by atoms with E-state index < -0.39 is 10.0 Å². The van der Waals surface area contributed by atoms with E-state index in [0.29, 0.717) is 24.5 Å². The molecule has 0 atom stereocenters. The summed E-state index contributed by atoms with van der Waals surface area (Å²) in [6, 6.07) is 6.62. The lowest BCUT2D eigenvalue weighted by molar-refractivity contribution is -0.116. The minimum absolute atomic E-state index is 0.212. The van der Waals surface area contributed by atoms with Crippen LogP contribution in [-0.2, 0) is 14.8 Å². The second-order valence-corrected chi connectivity index (χ2v) is 7.69. The number of nitrogens with zero attached hydrogens (tertiary/aromatic N) is 1. The van der Waals surface area contributed by atoms with Crippen molar-refractivity contribution in [1.82, 2.24) is 9.62 Å². The number of carbonyl (C=O) groups is 1. The van der Waals surface area contributed by atoms with Crippen molar-refractivity contribution in [3.63, 3.8) is 0 Å². The highest BCUT2D eigenvalue weighted by atomic mass is 32.2. The molecule has 0 aliphatic carbocycles. The van der Waals surface area contributed by atoms with Crippen molar-refractivity contribution in [1.29, 1.82) is 0 Å². The summed E-state index contributed by atoms with van der Waals surface area (Å²) >= 11 is 0. The van der Waals surface area contributed by atoms with Gasteiger partial charge in [0.1, 0.15) is 0 Å². The number of sulfonamides is 1. The van der Waals surface area contributed by atoms with Crippen LogP contribution in [0.1, 0.15) is 31.2 Å². The fourth-order valence-electron chi connectivity index (χ4n) is 2.59.